The molecule has 3 aromatic rings. The first kappa shape index (κ1) is 15.3. The summed E-state index contributed by atoms with van der Waals surface area (Å²) in [6.45, 7) is 1.88. The summed E-state index contributed by atoms with van der Waals surface area (Å²) in [6.07, 6.45) is 1.63. The Morgan fingerprint density at radius 2 is 1.70 bits per heavy atom. The molecule has 3 rings (SSSR count). The van der Waals surface area contributed by atoms with Crippen LogP contribution in [0.3, 0.4) is 0 Å². The van der Waals surface area contributed by atoms with Gasteiger partial charge in [-0.25, -0.2) is 0 Å². The Morgan fingerprint density at radius 1 is 0.957 bits per heavy atom. The van der Waals surface area contributed by atoms with Gasteiger partial charge in [-0.1, -0.05) is 18.2 Å². The Hall–Kier alpha value is -2.60. The summed E-state index contributed by atoms with van der Waals surface area (Å²) < 4.78 is 35.8. The molecule has 0 saturated heterocycles. The van der Waals surface area contributed by atoms with Crippen molar-refractivity contribution < 1.29 is 17.3 Å². The molecule has 0 unspecified atom stereocenters. The monoisotopic (exact) mass is 329 g/mol. The van der Waals surface area contributed by atoms with Crippen LogP contribution in [0.5, 0.6) is 11.5 Å². The van der Waals surface area contributed by atoms with Gasteiger partial charge in [0.25, 0.3) is 0 Å². The summed E-state index contributed by atoms with van der Waals surface area (Å²) in [5.41, 5.74) is 1.54. The maximum Gasteiger partial charge on any atom is 0.340 e. The van der Waals surface area contributed by atoms with Gasteiger partial charge in [-0.2, -0.15) is 8.42 Å². The molecule has 5 nitrogen and oxygen atoms in total. The van der Waals surface area contributed by atoms with Gasteiger partial charge >= 0.3 is 10.1 Å². The molecule has 1 aromatic heterocycles. The zero-order valence-electron chi connectivity index (χ0n) is 12.7. The molecule has 2 aromatic carbocycles. The van der Waals surface area contributed by atoms with Crippen LogP contribution in [-0.4, -0.2) is 20.5 Å². The van der Waals surface area contributed by atoms with E-state index in [1.165, 1.54) is 13.2 Å². The number of para-hydroxylation sites is 2. The van der Waals surface area contributed by atoms with E-state index in [1.807, 2.05) is 6.92 Å². The highest BCUT2D eigenvalue weighted by atomic mass is 32.2. The average molecular weight is 329 g/mol. The Balaban J connectivity index is 2.12. The molecule has 23 heavy (non-hydrogen) atoms. The molecular weight excluding hydrogens is 314 g/mol. The second-order valence-corrected chi connectivity index (χ2v) is 6.48. The van der Waals surface area contributed by atoms with E-state index in [1.54, 1.807) is 48.7 Å². The van der Waals surface area contributed by atoms with Crippen LogP contribution < -0.4 is 8.92 Å². The molecule has 118 valence electrons. The van der Waals surface area contributed by atoms with E-state index >= 15 is 0 Å². The number of hydrogen-bond donors (Lipinski definition) is 0. The molecule has 0 N–H and O–H groups in total. The third-order valence-electron chi connectivity index (χ3n) is 3.47. The summed E-state index contributed by atoms with van der Waals surface area (Å²) in [4.78, 5) is 4.33. The molecule has 0 saturated carbocycles. The van der Waals surface area contributed by atoms with Crippen LogP contribution in [0.15, 0.2) is 59.6 Å². The van der Waals surface area contributed by atoms with Gasteiger partial charge in [0.05, 0.1) is 12.6 Å². The number of methoxy groups -OCH3 is 1. The van der Waals surface area contributed by atoms with E-state index in [-0.39, 0.29) is 10.6 Å². The average Bonchev–Trinajstić information content (AvgIpc) is 2.55. The lowest BCUT2D eigenvalue weighted by Crippen LogP contribution is -2.11. The van der Waals surface area contributed by atoms with Crippen molar-refractivity contribution in [1.29, 1.82) is 0 Å². The van der Waals surface area contributed by atoms with Crippen molar-refractivity contribution in [2.24, 2.45) is 0 Å². The van der Waals surface area contributed by atoms with Gasteiger partial charge in [-0.15, -0.1) is 0 Å². The third kappa shape index (κ3) is 2.85. The van der Waals surface area contributed by atoms with Crippen molar-refractivity contribution in [2.45, 2.75) is 11.8 Å². The maximum atomic E-state index is 12.7. The van der Waals surface area contributed by atoms with Crippen molar-refractivity contribution in [1.82, 2.24) is 4.98 Å². The van der Waals surface area contributed by atoms with Gasteiger partial charge in [0.2, 0.25) is 0 Å². The lowest BCUT2D eigenvalue weighted by atomic mass is 10.1. The molecule has 0 fully saturated rings. The summed E-state index contributed by atoms with van der Waals surface area (Å²) in [7, 11) is -2.55. The fourth-order valence-electron chi connectivity index (χ4n) is 2.36. The first-order valence-electron chi connectivity index (χ1n) is 6.95. The van der Waals surface area contributed by atoms with Crippen LogP contribution in [0.2, 0.25) is 0 Å². The van der Waals surface area contributed by atoms with Gasteiger partial charge in [-0.3, -0.25) is 4.98 Å². The van der Waals surface area contributed by atoms with E-state index in [0.717, 1.165) is 5.56 Å². The topological polar surface area (TPSA) is 65.5 Å². The smallest absolute Gasteiger partial charge is 0.340 e. The minimum absolute atomic E-state index is 0.0807. The van der Waals surface area contributed by atoms with Crippen molar-refractivity contribution in [2.75, 3.05) is 7.11 Å². The third-order valence-corrected chi connectivity index (χ3v) is 4.76. The highest BCUT2D eigenvalue weighted by Crippen LogP contribution is 2.31. The predicted molar refractivity (Wildman–Crippen MR) is 87.3 cm³/mol. The molecule has 1 heterocycles. The Labute approximate surface area is 134 Å². The van der Waals surface area contributed by atoms with E-state index in [4.69, 9.17) is 8.92 Å². The lowest BCUT2D eigenvalue weighted by Gasteiger charge is -2.12. The van der Waals surface area contributed by atoms with Crippen LogP contribution in [0, 0.1) is 6.92 Å². The number of aromatic nitrogens is 1. The number of fused-ring (bicyclic) bond motifs is 1. The molecule has 0 spiro atoms. The van der Waals surface area contributed by atoms with Gasteiger partial charge < -0.3 is 8.92 Å². The van der Waals surface area contributed by atoms with E-state index in [0.29, 0.717) is 16.7 Å². The largest absolute Gasteiger partial charge is 0.493 e. The van der Waals surface area contributed by atoms with Crippen LogP contribution in [-0.2, 0) is 10.1 Å². The van der Waals surface area contributed by atoms with Crippen LogP contribution in [0.1, 0.15) is 5.56 Å². The predicted octanol–water partition coefficient (Wildman–Crippen LogP) is 3.32. The molecule has 0 radical (unpaired) electrons. The highest BCUT2D eigenvalue weighted by Gasteiger charge is 2.22. The molecule has 0 aliphatic carbocycles. The second-order valence-electron chi connectivity index (χ2n) is 4.97. The van der Waals surface area contributed by atoms with Crippen molar-refractivity contribution in [3.05, 3.63) is 60.3 Å². The molecular formula is C17H15NO4S. The fourth-order valence-corrected chi connectivity index (χ4v) is 3.49. The molecule has 0 amide bonds. The quantitative estimate of drug-likeness (QED) is 0.687. The number of hydrogen-bond acceptors (Lipinski definition) is 5. The maximum absolute atomic E-state index is 12.7. The standard InChI is InChI=1S/C17H15NO4S/c1-12-9-10-16(13-6-5-11-18-17(12)13)23(19,20)22-15-8-4-3-7-14(15)21-2/h3-11H,1-2H3. The first-order valence-corrected chi connectivity index (χ1v) is 8.35. The van der Waals surface area contributed by atoms with Gasteiger partial charge in [0.1, 0.15) is 4.90 Å². The summed E-state index contributed by atoms with van der Waals surface area (Å²) in [5, 5.41) is 0.530. The molecule has 0 atom stereocenters. The van der Waals surface area contributed by atoms with Crippen molar-refractivity contribution in [3.8, 4) is 11.5 Å². The van der Waals surface area contributed by atoms with E-state index in [2.05, 4.69) is 4.98 Å². The zero-order valence-corrected chi connectivity index (χ0v) is 13.5. The Morgan fingerprint density at radius 3 is 2.43 bits per heavy atom. The summed E-state index contributed by atoms with van der Waals surface area (Å²) in [5.74, 6) is 0.498. The summed E-state index contributed by atoms with van der Waals surface area (Å²) >= 11 is 0. The normalized spacial score (nSPS) is 11.4. The number of aryl methyl sites for hydroxylation is 1. The van der Waals surface area contributed by atoms with Crippen molar-refractivity contribution >= 4 is 21.0 Å². The number of pyridine rings is 1. The van der Waals surface area contributed by atoms with Gasteiger partial charge in [-0.05, 0) is 42.8 Å². The molecule has 0 aliphatic heterocycles. The SMILES string of the molecule is COc1ccccc1OS(=O)(=O)c1ccc(C)c2ncccc12. The zero-order chi connectivity index (χ0) is 16.4. The minimum atomic E-state index is -4.01. The van der Waals surface area contributed by atoms with E-state index in [9.17, 15) is 8.42 Å². The van der Waals surface area contributed by atoms with Crippen LogP contribution in [0.25, 0.3) is 10.9 Å². The minimum Gasteiger partial charge on any atom is -0.493 e. The lowest BCUT2D eigenvalue weighted by molar-refractivity contribution is 0.390. The highest BCUT2D eigenvalue weighted by molar-refractivity contribution is 7.87. The second kappa shape index (κ2) is 5.89. The van der Waals surface area contributed by atoms with Gasteiger partial charge in [0, 0.05) is 11.6 Å². The molecule has 6 heteroatoms. The van der Waals surface area contributed by atoms with Gasteiger partial charge in [0.15, 0.2) is 11.5 Å². The number of rotatable bonds is 4. The first-order chi connectivity index (χ1) is 11.0. The summed E-state index contributed by atoms with van der Waals surface area (Å²) in [6, 6.07) is 13.3. The molecule has 0 bridgehead atoms. The fraction of sp³-hybridized carbons (Fsp3) is 0.118. The van der Waals surface area contributed by atoms with E-state index < -0.39 is 10.1 Å². The number of benzene rings is 2. The molecule has 0 aliphatic rings. The number of nitrogens with zero attached hydrogens (tertiary/aromatic N) is 1. The number of ether oxygens (including phenoxy) is 1. The van der Waals surface area contributed by atoms with Crippen molar-refractivity contribution in [3.63, 3.8) is 0 Å². The Bertz CT molecular complexity index is 967. The van der Waals surface area contributed by atoms with Crippen LogP contribution in [0.4, 0.5) is 0 Å². The Kier molecular flexibility index (Phi) is 3.92. The van der Waals surface area contributed by atoms with Crippen LogP contribution >= 0.6 is 0 Å².